The van der Waals surface area contributed by atoms with Gasteiger partial charge in [0.05, 0.1) is 12.3 Å². The minimum absolute atomic E-state index is 0.0485. The van der Waals surface area contributed by atoms with Crippen LogP contribution in [0.4, 0.5) is 0 Å². The molecule has 1 unspecified atom stereocenters. The van der Waals surface area contributed by atoms with Crippen LogP contribution in [-0.2, 0) is 5.41 Å². The topological polar surface area (TPSA) is 88.2 Å². The maximum Gasteiger partial charge on any atom is 0.260 e. The van der Waals surface area contributed by atoms with Crippen LogP contribution >= 0.6 is 0 Å². The number of nitrogens with zero attached hydrogens (tertiary/aromatic N) is 3. The van der Waals surface area contributed by atoms with Crippen molar-refractivity contribution in [2.24, 2.45) is 5.92 Å². The smallest absolute Gasteiger partial charge is 0.260 e. The Kier molecular flexibility index (Phi) is 5.06. The number of hydrogen-bond donors (Lipinski definition) is 1. The van der Waals surface area contributed by atoms with Crippen molar-refractivity contribution in [1.82, 2.24) is 20.1 Å². The first-order valence-corrected chi connectivity index (χ1v) is 8.78. The summed E-state index contributed by atoms with van der Waals surface area (Å²) >= 11 is 0. The number of pyridine rings is 1. The first-order chi connectivity index (χ1) is 12.3. The van der Waals surface area contributed by atoms with Crippen molar-refractivity contribution in [1.29, 1.82) is 0 Å². The van der Waals surface area contributed by atoms with Gasteiger partial charge in [-0.1, -0.05) is 20.8 Å². The molecule has 0 bridgehead atoms. The molecule has 3 heterocycles. The predicted octanol–water partition coefficient (Wildman–Crippen LogP) is 2.00. The Morgan fingerprint density at radius 2 is 2.12 bits per heavy atom. The van der Waals surface area contributed by atoms with Gasteiger partial charge in [-0.05, 0) is 24.6 Å². The SMILES string of the molecule is CC(C)(C)c1ccc(OCC2CCN(C(=O)c3ccc[nH]c3=O)C2)nn1. The lowest BCUT2D eigenvalue weighted by Crippen LogP contribution is -2.33. The van der Waals surface area contributed by atoms with Crippen LogP contribution in [0.2, 0.25) is 0 Å². The third-order valence-electron chi connectivity index (χ3n) is 4.50. The zero-order valence-corrected chi connectivity index (χ0v) is 15.4. The summed E-state index contributed by atoms with van der Waals surface area (Å²) in [5.74, 6) is 0.469. The molecular weight excluding hydrogens is 332 g/mol. The number of ether oxygens (including phenoxy) is 1. The van der Waals surface area contributed by atoms with Crippen molar-refractivity contribution < 1.29 is 9.53 Å². The summed E-state index contributed by atoms with van der Waals surface area (Å²) in [6.45, 7) is 7.91. The second kappa shape index (κ2) is 7.27. The molecule has 2 aromatic heterocycles. The van der Waals surface area contributed by atoms with E-state index in [1.165, 1.54) is 6.20 Å². The van der Waals surface area contributed by atoms with Crippen LogP contribution in [0.3, 0.4) is 0 Å². The monoisotopic (exact) mass is 356 g/mol. The maximum atomic E-state index is 12.5. The molecule has 1 fully saturated rings. The standard InChI is InChI=1S/C19H24N4O3/c1-19(2,3)15-6-7-16(22-21-15)26-12-13-8-10-23(11-13)18(25)14-5-4-9-20-17(14)24/h4-7,9,13H,8,10-12H2,1-3H3,(H,20,24). The molecule has 1 N–H and O–H groups in total. The van der Waals surface area contributed by atoms with Crippen molar-refractivity contribution in [3.05, 3.63) is 52.1 Å². The molecule has 7 nitrogen and oxygen atoms in total. The summed E-state index contributed by atoms with van der Waals surface area (Å²) in [7, 11) is 0. The Labute approximate surface area is 152 Å². The number of carbonyl (C=O) groups is 1. The first kappa shape index (κ1) is 18.1. The molecule has 0 aromatic carbocycles. The number of H-pyrrole nitrogens is 1. The van der Waals surface area contributed by atoms with E-state index in [1.54, 1.807) is 17.0 Å². The summed E-state index contributed by atoms with van der Waals surface area (Å²) in [5.41, 5.74) is 0.687. The van der Waals surface area contributed by atoms with Gasteiger partial charge in [0.25, 0.3) is 11.5 Å². The second-order valence-corrected chi connectivity index (χ2v) is 7.64. The summed E-state index contributed by atoms with van der Waals surface area (Å²) in [6.07, 6.45) is 2.36. The van der Waals surface area contributed by atoms with E-state index < -0.39 is 0 Å². The number of aromatic nitrogens is 3. The Hall–Kier alpha value is -2.70. The molecule has 0 spiro atoms. The van der Waals surface area contributed by atoms with Crippen molar-refractivity contribution in [3.8, 4) is 5.88 Å². The minimum atomic E-state index is -0.355. The lowest BCUT2D eigenvalue weighted by Gasteiger charge is -2.17. The van der Waals surface area contributed by atoms with Crippen LogP contribution in [0.1, 0.15) is 43.2 Å². The highest BCUT2D eigenvalue weighted by molar-refractivity contribution is 5.93. The van der Waals surface area contributed by atoms with Gasteiger partial charge in [0, 0.05) is 36.7 Å². The van der Waals surface area contributed by atoms with E-state index in [2.05, 4.69) is 36.0 Å². The van der Waals surface area contributed by atoms with Crippen molar-refractivity contribution >= 4 is 5.91 Å². The van der Waals surface area contributed by atoms with E-state index >= 15 is 0 Å². The van der Waals surface area contributed by atoms with Gasteiger partial charge in [-0.25, -0.2) is 0 Å². The number of likely N-dealkylation sites (tertiary alicyclic amines) is 1. The molecule has 1 atom stereocenters. The van der Waals surface area contributed by atoms with Crippen molar-refractivity contribution in [2.75, 3.05) is 19.7 Å². The predicted molar refractivity (Wildman–Crippen MR) is 97.3 cm³/mol. The lowest BCUT2D eigenvalue weighted by atomic mass is 9.92. The van der Waals surface area contributed by atoms with Crippen molar-refractivity contribution in [2.45, 2.75) is 32.6 Å². The molecule has 1 saturated heterocycles. The molecule has 0 aliphatic carbocycles. The van der Waals surface area contributed by atoms with Crippen LogP contribution in [0, 0.1) is 5.92 Å². The molecule has 0 saturated carbocycles. The van der Waals surface area contributed by atoms with Gasteiger partial charge in [-0.2, -0.15) is 5.10 Å². The average Bonchev–Trinajstić information content (AvgIpc) is 3.08. The Morgan fingerprint density at radius 3 is 2.77 bits per heavy atom. The van der Waals surface area contributed by atoms with E-state index in [1.807, 2.05) is 12.1 Å². The maximum absolute atomic E-state index is 12.5. The molecule has 3 rings (SSSR count). The van der Waals surface area contributed by atoms with Crippen LogP contribution in [-0.4, -0.2) is 45.7 Å². The Morgan fingerprint density at radius 1 is 1.31 bits per heavy atom. The van der Waals surface area contributed by atoms with Gasteiger partial charge in [-0.15, -0.1) is 5.10 Å². The Bertz CT molecular complexity index is 824. The van der Waals surface area contributed by atoms with Gasteiger partial charge in [0.1, 0.15) is 5.56 Å². The molecule has 1 aliphatic heterocycles. The largest absolute Gasteiger partial charge is 0.476 e. The van der Waals surface area contributed by atoms with Gasteiger partial charge in [0.15, 0.2) is 0 Å². The zero-order valence-electron chi connectivity index (χ0n) is 15.4. The molecule has 26 heavy (non-hydrogen) atoms. The quantitative estimate of drug-likeness (QED) is 0.905. The fourth-order valence-corrected chi connectivity index (χ4v) is 2.91. The van der Waals surface area contributed by atoms with E-state index in [9.17, 15) is 9.59 Å². The van der Waals surface area contributed by atoms with Gasteiger partial charge >= 0.3 is 0 Å². The summed E-state index contributed by atoms with van der Waals surface area (Å²) in [5, 5.41) is 8.33. The third-order valence-corrected chi connectivity index (χ3v) is 4.50. The minimum Gasteiger partial charge on any atom is -0.476 e. The average molecular weight is 356 g/mol. The number of nitrogens with one attached hydrogen (secondary N) is 1. The highest BCUT2D eigenvalue weighted by Gasteiger charge is 2.28. The van der Waals surface area contributed by atoms with E-state index in [-0.39, 0.29) is 28.4 Å². The fraction of sp³-hybridized carbons (Fsp3) is 0.474. The second-order valence-electron chi connectivity index (χ2n) is 7.64. The zero-order chi connectivity index (χ0) is 18.7. The number of hydrogen-bond acceptors (Lipinski definition) is 5. The molecular formula is C19H24N4O3. The summed E-state index contributed by atoms with van der Waals surface area (Å²) in [4.78, 5) is 28.5. The Balaban J connectivity index is 1.54. The number of aromatic amines is 1. The van der Waals surface area contributed by atoms with Crippen molar-refractivity contribution in [3.63, 3.8) is 0 Å². The fourth-order valence-electron chi connectivity index (χ4n) is 2.91. The van der Waals surface area contributed by atoms with Gasteiger partial charge in [-0.3, -0.25) is 9.59 Å². The van der Waals surface area contributed by atoms with Crippen LogP contribution in [0.25, 0.3) is 0 Å². The van der Waals surface area contributed by atoms with Crippen LogP contribution in [0.15, 0.2) is 35.3 Å². The number of rotatable bonds is 4. The normalized spacial score (nSPS) is 17.3. The molecule has 1 aliphatic rings. The molecule has 0 radical (unpaired) electrons. The highest BCUT2D eigenvalue weighted by Crippen LogP contribution is 2.22. The van der Waals surface area contributed by atoms with Crippen LogP contribution in [0.5, 0.6) is 5.88 Å². The number of amides is 1. The molecule has 7 heteroatoms. The summed E-state index contributed by atoms with van der Waals surface area (Å²) < 4.78 is 5.74. The third kappa shape index (κ3) is 4.09. The lowest BCUT2D eigenvalue weighted by molar-refractivity contribution is 0.0781. The number of carbonyl (C=O) groups excluding carboxylic acids is 1. The van der Waals surface area contributed by atoms with E-state index in [4.69, 9.17) is 4.74 Å². The van der Waals surface area contributed by atoms with Crippen LogP contribution < -0.4 is 10.3 Å². The first-order valence-electron chi connectivity index (χ1n) is 8.78. The summed E-state index contributed by atoms with van der Waals surface area (Å²) in [6, 6.07) is 6.96. The molecule has 138 valence electrons. The van der Waals surface area contributed by atoms with Gasteiger partial charge < -0.3 is 14.6 Å². The molecule has 1 amide bonds. The van der Waals surface area contributed by atoms with Gasteiger partial charge in [0.2, 0.25) is 5.88 Å². The highest BCUT2D eigenvalue weighted by atomic mass is 16.5. The van der Waals surface area contributed by atoms with E-state index in [0.29, 0.717) is 25.6 Å². The molecule has 2 aromatic rings. The van der Waals surface area contributed by atoms with E-state index in [0.717, 1.165) is 12.1 Å².